The van der Waals surface area contributed by atoms with Crippen molar-refractivity contribution < 1.29 is 14.3 Å². The summed E-state index contributed by atoms with van der Waals surface area (Å²) in [4.78, 5) is 13.5. The van der Waals surface area contributed by atoms with Crippen LogP contribution in [0.15, 0.2) is 40.8 Å². The molecule has 2 aromatic rings. The van der Waals surface area contributed by atoms with Crippen LogP contribution in [0.1, 0.15) is 46.3 Å². The molecule has 1 aromatic carbocycles. The number of carboxylic acid groups (broad SMARTS) is 1. The topological polar surface area (TPSA) is 65.7 Å². The zero-order valence-corrected chi connectivity index (χ0v) is 14.0. The molecule has 1 unspecified atom stereocenters. The van der Waals surface area contributed by atoms with Crippen LogP contribution in [-0.4, -0.2) is 35.6 Å². The molecular formula is C19H24N2O3. The Balaban J connectivity index is 1.63. The number of aryl methyl sites for hydroxylation is 1. The lowest BCUT2D eigenvalue weighted by molar-refractivity contribution is 0.0696. The van der Waals surface area contributed by atoms with Gasteiger partial charge in [-0.3, -0.25) is 4.90 Å². The predicted molar refractivity (Wildman–Crippen MR) is 92.1 cm³/mol. The Morgan fingerprint density at radius 1 is 1.29 bits per heavy atom. The van der Waals surface area contributed by atoms with E-state index in [4.69, 9.17) is 9.52 Å². The molecule has 0 aliphatic carbocycles. The van der Waals surface area contributed by atoms with Gasteiger partial charge in [-0.2, -0.15) is 0 Å². The molecule has 24 heavy (non-hydrogen) atoms. The van der Waals surface area contributed by atoms with Crippen molar-refractivity contribution in [2.45, 2.75) is 32.4 Å². The van der Waals surface area contributed by atoms with Gasteiger partial charge in [-0.15, -0.1) is 0 Å². The van der Waals surface area contributed by atoms with Crippen LogP contribution in [0.3, 0.4) is 0 Å². The number of aromatic carboxylic acids is 1. The molecule has 1 aromatic heterocycles. The van der Waals surface area contributed by atoms with Crippen LogP contribution in [0.4, 0.5) is 0 Å². The van der Waals surface area contributed by atoms with E-state index in [9.17, 15) is 4.79 Å². The minimum absolute atomic E-state index is 0.226. The van der Waals surface area contributed by atoms with E-state index in [2.05, 4.69) is 16.3 Å². The molecule has 0 bridgehead atoms. The molecule has 1 atom stereocenters. The Morgan fingerprint density at radius 3 is 2.75 bits per heavy atom. The van der Waals surface area contributed by atoms with Gasteiger partial charge in [0.1, 0.15) is 11.5 Å². The fraction of sp³-hybridized carbons (Fsp3) is 0.421. The van der Waals surface area contributed by atoms with E-state index in [0.29, 0.717) is 12.1 Å². The molecule has 0 amide bonds. The maximum atomic E-state index is 11.1. The number of hydrogen-bond acceptors (Lipinski definition) is 4. The van der Waals surface area contributed by atoms with Crippen molar-refractivity contribution in [3.63, 3.8) is 0 Å². The molecule has 5 heteroatoms. The van der Waals surface area contributed by atoms with Gasteiger partial charge in [0, 0.05) is 13.1 Å². The molecule has 1 fully saturated rings. The lowest BCUT2D eigenvalue weighted by atomic mass is 10.1. The zero-order chi connectivity index (χ0) is 16.9. The van der Waals surface area contributed by atoms with Crippen molar-refractivity contribution in [1.82, 2.24) is 10.2 Å². The maximum Gasteiger partial charge on any atom is 0.335 e. The minimum Gasteiger partial charge on any atom is -0.478 e. The molecule has 128 valence electrons. The first-order chi connectivity index (χ1) is 11.6. The van der Waals surface area contributed by atoms with Crippen molar-refractivity contribution in [1.29, 1.82) is 0 Å². The van der Waals surface area contributed by atoms with E-state index in [-0.39, 0.29) is 6.04 Å². The molecule has 3 rings (SSSR count). The zero-order valence-electron chi connectivity index (χ0n) is 14.0. The first-order valence-electron chi connectivity index (χ1n) is 8.47. The van der Waals surface area contributed by atoms with Crippen molar-refractivity contribution >= 4 is 5.97 Å². The summed E-state index contributed by atoms with van der Waals surface area (Å²) >= 11 is 0. The van der Waals surface area contributed by atoms with Gasteiger partial charge in [-0.05, 0) is 62.7 Å². The summed E-state index contributed by atoms with van der Waals surface area (Å²) in [6.07, 6.45) is 2.47. The molecule has 0 radical (unpaired) electrons. The second-order valence-electron chi connectivity index (χ2n) is 6.34. The number of likely N-dealkylation sites (tertiary alicyclic amines) is 1. The SMILES string of the molecule is Cc1ccc(C(CNCc2cccc(C(=O)O)c2)N2CCCC2)o1. The average molecular weight is 328 g/mol. The summed E-state index contributed by atoms with van der Waals surface area (Å²) in [7, 11) is 0. The maximum absolute atomic E-state index is 11.1. The summed E-state index contributed by atoms with van der Waals surface area (Å²) in [5.41, 5.74) is 1.30. The molecule has 0 spiro atoms. The average Bonchev–Trinajstić information content (AvgIpc) is 3.24. The summed E-state index contributed by atoms with van der Waals surface area (Å²) in [5, 5.41) is 12.5. The number of benzene rings is 1. The molecular weight excluding hydrogens is 304 g/mol. The lowest BCUT2D eigenvalue weighted by Gasteiger charge is -2.26. The smallest absolute Gasteiger partial charge is 0.335 e. The van der Waals surface area contributed by atoms with E-state index in [1.165, 1.54) is 12.8 Å². The van der Waals surface area contributed by atoms with Crippen molar-refractivity contribution in [2.24, 2.45) is 0 Å². The van der Waals surface area contributed by atoms with E-state index >= 15 is 0 Å². The van der Waals surface area contributed by atoms with E-state index in [1.54, 1.807) is 18.2 Å². The Bertz CT molecular complexity index is 689. The highest BCUT2D eigenvalue weighted by atomic mass is 16.4. The Hall–Kier alpha value is -2.11. The highest BCUT2D eigenvalue weighted by Gasteiger charge is 2.25. The van der Waals surface area contributed by atoms with E-state index in [1.807, 2.05) is 19.1 Å². The number of carbonyl (C=O) groups is 1. The van der Waals surface area contributed by atoms with Crippen LogP contribution in [0.25, 0.3) is 0 Å². The Morgan fingerprint density at radius 2 is 2.08 bits per heavy atom. The third-order valence-corrected chi connectivity index (χ3v) is 4.51. The summed E-state index contributed by atoms with van der Waals surface area (Å²) in [6, 6.07) is 11.4. The molecule has 0 saturated carbocycles. The van der Waals surface area contributed by atoms with Crippen LogP contribution in [0.2, 0.25) is 0 Å². The Labute approximate surface area is 142 Å². The number of nitrogens with one attached hydrogen (secondary N) is 1. The number of carboxylic acids is 1. The van der Waals surface area contributed by atoms with Crippen LogP contribution in [0, 0.1) is 6.92 Å². The highest BCUT2D eigenvalue weighted by Crippen LogP contribution is 2.26. The second-order valence-corrected chi connectivity index (χ2v) is 6.34. The van der Waals surface area contributed by atoms with Gasteiger partial charge in [0.2, 0.25) is 0 Å². The van der Waals surface area contributed by atoms with Gasteiger partial charge in [0.25, 0.3) is 0 Å². The van der Waals surface area contributed by atoms with Crippen LogP contribution < -0.4 is 5.32 Å². The number of nitrogens with zero attached hydrogens (tertiary/aromatic N) is 1. The lowest BCUT2D eigenvalue weighted by Crippen LogP contribution is -2.33. The van der Waals surface area contributed by atoms with Crippen molar-refractivity contribution in [2.75, 3.05) is 19.6 Å². The van der Waals surface area contributed by atoms with Gasteiger partial charge in [-0.25, -0.2) is 4.79 Å². The number of furan rings is 1. The molecule has 2 N–H and O–H groups in total. The largest absolute Gasteiger partial charge is 0.478 e. The van der Waals surface area contributed by atoms with Crippen molar-refractivity contribution in [3.8, 4) is 0 Å². The van der Waals surface area contributed by atoms with Crippen LogP contribution >= 0.6 is 0 Å². The normalized spacial score (nSPS) is 16.4. The summed E-state index contributed by atoms with van der Waals surface area (Å²) < 4.78 is 5.85. The van der Waals surface area contributed by atoms with Crippen LogP contribution in [0.5, 0.6) is 0 Å². The number of hydrogen-bond donors (Lipinski definition) is 2. The van der Waals surface area contributed by atoms with Gasteiger partial charge >= 0.3 is 5.97 Å². The van der Waals surface area contributed by atoms with Crippen LogP contribution in [-0.2, 0) is 6.54 Å². The molecule has 1 saturated heterocycles. The highest BCUT2D eigenvalue weighted by molar-refractivity contribution is 5.87. The molecule has 1 aliphatic rings. The Kier molecular flexibility index (Phi) is 5.33. The molecule has 1 aliphatic heterocycles. The summed E-state index contributed by atoms with van der Waals surface area (Å²) in [5.74, 6) is 1.04. The second kappa shape index (κ2) is 7.64. The summed E-state index contributed by atoms with van der Waals surface area (Å²) in [6.45, 7) is 5.59. The minimum atomic E-state index is -0.891. The standard InChI is InChI=1S/C19H24N2O3/c1-14-7-8-18(24-14)17(21-9-2-3-10-21)13-20-12-15-5-4-6-16(11-15)19(22)23/h4-8,11,17,20H,2-3,9-10,12-13H2,1H3,(H,22,23). The third-order valence-electron chi connectivity index (χ3n) is 4.51. The predicted octanol–water partition coefficient (Wildman–Crippen LogP) is 3.21. The van der Waals surface area contributed by atoms with E-state index in [0.717, 1.165) is 36.7 Å². The first kappa shape index (κ1) is 16.7. The van der Waals surface area contributed by atoms with Gasteiger partial charge in [0.15, 0.2) is 0 Å². The fourth-order valence-electron chi connectivity index (χ4n) is 3.26. The van der Waals surface area contributed by atoms with Gasteiger partial charge in [-0.1, -0.05) is 12.1 Å². The first-order valence-corrected chi connectivity index (χ1v) is 8.47. The monoisotopic (exact) mass is 328 g/mol. The third kappa shape index (κ3) is 4.04. The molecule has 2 heterocycles. The fourth-order valence-corrected chi connectivity index (χ4v) is 3.26. The van der Waals surface area contributed by atoms with E-state index < -0.39 is 5.97 Å². The molecule has 5 nitrogen and oxygen atoms in total. The number of rotatable bonds is 7. The quantitative estimate of drug-likeness (QED) is 0.817. The van der Waals surface area contributed by atoms with Crippen molar-refractivity contribution in [3.05, 3.63) is 59.0 Å². The van der Waals surface area contributed by atoms with Gasteiger partial charge < -0.3 is 14.8 Å². The van der Waals surface area contributed by atoms with Gasteiger partial charge in [0.05, 0.1) is 11.6 Å².